The number of carbonyl (C=O) groups excluding carboxylic acids is 2. The van der Waals surface area contributed by atoms with Crippen LogP contribution >= 0.6 is 0 Å². The van der Waals surface area contributed by atoms with Gasteiger partial charge in [0.25, 0.3) is 0 Å². The second-order valence-corrected chi connectivity index (χ2v) is 6.07. The molecule has 2 aliphatic heterocycles. The van der Waals surface area contributed by atoms with E-state index in [4.69, 9.17) is 4.74 Å². The molecule has 3 rings (SSSR count). The maximum absolute atomic E-state index is 12.7. The summed E-state index contributed by atoms with van der Waals surface area (Å²) in [7, 11) is 3.45. The average Bonchev–Trinajstić information content (AvgIpc) is 3.19. The molecule has 1 unspecified atom stereocenters. The van der Waals surface area contributed by atoms with Crippen molar-refractivity contribution in [3.05, 3.63) is 18.5 Å². The molecule has 0 aromatic carbocycles. The summed E-state index contributed by atoms with van der Waals surface area (Å²) in [6.45, 7) is 1.20. The van der Waals surface area contributed by atoms with Gasteiger partial charge in [0.2, 0.25) is 11.8 Å². The van der Waals surface area contributed by atoms with Crippen molar-refractivity contribution in [3.63, 3.8) is 0 Å². The Labute approximate surface area is 129 Å². The maximum Gasteiger partial charge on any atom is 0.244 e. The predicted octanol–water partition coefficient (Wildman–Crippen LogP) is 0.120. The highest BCUT2D eigenvalue weighted by atomic mass is 16.5. The smallest absolute Gasteiger partial charge is 0.244 e. The largest absolute Gasteiger partial charge is 0.376 e. The third-order valence-electron chi connectivity index (χ3n) is 4.45. The Morgan fingerprint density at radius 2 is 2.23 bits per heavy atom. The van der Waals surface area contributed by atoms with Crippen molar-refractivity contribution in [2.75, 3.05) is 20.7 Å². The topological polar surface area (TPSA) is 67.7 Å². The number of likely N-dealkylation sites (tertiary alicyclic amines) is 1. The van der Waals surface area contributed by atoms with Crippen molar-refractivity contribution in [1.82, 2.24) is 19.6 Å². The number of ether oxygens (including phenoxy) is 1. The fraction of sp³-hybridized carbons (Fsp3) is 0.667. The standard InChI is InChI=1S/C15H22N4O3/c1-17(2)15(21)12-10-13-11(5-9-22-13)19(12)14(20)4-8-18-7-3-6-16-18/h3,6-7,11-13H,4-5,8-10H2,1-2H3/t11-,12?,13-/m0/s1. The monoisotopic (exact) mass is 306 g/mol. The van der Waals surface area contributed by atoms with Gasteiger partial charge in [0.15, 0.2) is 0 Å². The van der Waals surface area contributed by atoms with Crippen LogP contribution in [0, 0.1) is 0 Å². The minimum atomic E-state index is -0.393. The molecule has 0 spiro atoms. The normalized spacial score (nSPS) is 27.0. The molecule has 1 aromatic rings. The second kappa shape index (κ2) is 6.08. The molecule has 2 fully saturated rings. The predicted molar refractivity (Wildman–Crippen MR) is 78.9 cm³/mol. The number of carbonyl (C=O) groups is 2. The summed E-state index contributed by atoms with van der Waals surface area (Å²) in [6.07, 6.45) is 5.30. The first kappa shape index (κ1) is 15.0. The van der Waals surface area contributed by atoms with E-state index in [2.05, 4.69) is 5.10 Å². The van der Waals surface area contributed by atoms with Crippen LogP contribution in [0.1, 0.15) is 19.3 Å². The molecule has 22 heavy (non-hydrogen) atoms. The molecule has 120 valence electrons. The summed E-state index contributed by atoms with van der Waals surface area (Å²) >= 11 is 0. The average molecular weight is 306 g/mol. The fourth-order valence-corrected chi connectivity index (χ4v) is 3.39. The number of aromatic nitrogens is 2. The molecule has 7 nitrogen and oxygen atoms in total. The van der Waals surface area contributed by atoms with Crippen molar-refractivity contribution in [2.24, 2.45) is 0 Å². The number of aryl methyl sites for hydroxylation is 1. The minimum Gasteiger partial charge on any atom is -0.376 e. The minimum absolute atomic E-state index is 0.00236. The van der Waals surface area contributed by atoms with E-state index < -0.39 is 6.04 Å². The van der Waals surface area contributed by atoms with Gasteiger partial charge >= 0.3 is 0 Å². The van der Waals surface area contributed by atoms with Gasteiger partial charge < -0.3 is 14.5 Å². The Balaban J connectivity index is 1.71. The van der Waals surface area contributed by atoms with Gasteiger partial charge in [0.05, 0.1) is 12.1 Å². The van der Waals surface area contributed by atoms with Gasteiger partial charge in [-0.15, -0.1) is 0 Å². The number of amides is 2. The summed E-state index contributed by atoms with van der Waals surface area (Å²) in [5, 5.41) is 4.11. The first-order valence-corrected chi connectivity index (χ1v) is 7.69. The summed E-state index contributed by atoms with van der Waals surface area (Å²) in [4.78, 5) is 28.4. The number of likely N-dealkylation sites (N-methyl/N-ethyl adjacent to an activating group) is 1. The third kappa shape index (κ3) is 2.72. The number of rotatable bonds is 4. The van der Waals surface area contributed by atoms with E-state index in [1.165, 1.54) is 0 Å². The zero-order chi connectivity index (χ0) is 15.7. The molecule has 0 radical (unpaired) electrons. The Bertz CT molecular complexity index is 543. The van der Waals surface area contributed by atoms with Gasteiger partial charge in [-0.1, -0.05) is 0 Å². The van der Waals surface area contributed by atoms with E-state index in [1.807, 2.05) is 12.3 Å². The Hall–Kier alpha value is -1.89. The molecule has 2 saturated heterocycles. The zero-order valence-electron chi connectivity index (χ0n) is 13.0. The summed E-state index contributed by atoms with van der Waals surface area (Å²) in [5.41, 5.74) is 0. The third-order valence-corrected chi connectivity index (χ3v) is 4.45. The highest BCUT2D eigenvalue weighted by molar-refractivity contribution is 5.88. The Morgan fingerprint density at radius 3 is 2.91 bits per heavy atom. The molecule has 2 amide bonds. The van der Waals surface area contributed by atoms with Gasteiger partial charge in [0.1, 0.15) is 6.04 Å². The molecule has 7 heteroatoms. The van der Waals surface area contributed by atoms with Gasteiger partial charge in [0, 0.05) is 52.5 Å². The maximum atomic E-state index is 12.7. The first-order valence-electron chi connectivity index (χ1n) is 7.69. The fourth-order valence-electron chi connectivity index (χ4n) is 3.39. The lowest BCUT2D eigenvalue weighted by Crippen LogP contribution is -2.48. The molecule has 0 aliphatic carbocycles. The molecule has 0 saturated carbocycles. The van der Waals surface area contributed by atoms with Crippen LogP contribution in [0.5, 0.6) is 0 Å². The quantitative estimate of drug-likeness (QED) is 0.792. The van der Waals surface area contributed by atoms with Gasteiger partial charge in [-0.05, 0) is 12.5 Å². The van der Waals surface area contributed by atoms with Gasteiger partial charge in [-0.25, -0.2) is 0 Å². The van der Waals surface area contributed by atoms with E-state index in [1.54, 1.807) is 34.8 Å². The lowest BCUT2D eigenvalue weighted by Gasteiger charge is -2.30. The van der Waals surface area contributed by atoms with E-state index in [9.17, 15) is 9.59 Å². The highest BCUT2D eigenvalue weighted by Gasteiger charge is 2.49. The van der Waals surface area contributed by atoms with Crippen molar-refractivity contribution in [1.29, 1.82) is 0 Å². The van der Waals surface area contributed by atoms with E-state index >= 15 is 0 Å². The molecular formula is C15H22N4O3. The SMILES string of the molecule is CN(C)C(=O)C1C[C@@H]2OCC[C@@H]2N1C(=O)CCn1cccn1. The molecule has 3 atom stereocenters. The van der Waals surface area contributed by atoms with E-state index in [-0.39, 0.29) is 24.0 Å². The molecule has 2 aliphatic rings. The summed E-state index contributed by atoms with van der Waals surface area (Å²) in [6, 6.07) is 1.48. The highest BCUT2D eigenvalue weighted by Crippen LogP contribution is 2.34. The van der Waals surface area contributed by atoms with Crippen molar-refractivity contribution in [2.45, 2.75) is 44.0 Å². The van der Waals surface area contributed by atoms with Crippen LogP contribution in [-0.2, 0) is 20.9 Å². The number of hydrogen-bond acceptors (Lipinski definition) is 4. The van der Waals surface area contributed by atoms with E-state index in [0.717, 1.165) is 6.42 Å². The number of nitrogens with zero attached hydrogens (tertiary/aromatic N) is 4. The zero-order valence-corrected chi connectivity index (χ0v) is 13.0. The van der Waals surface area contributed by atoms with Crippen LogP contribution in [0.3, 0.4) is 0 Å². The van der Waals surface area contributed by atoms with Crippen LogP contribution < -0.4 is 0 Å². The van der Waals surface area contributed by atoms with Crippen LogP contribution in [0.25, 0.3) is 0 Å². The van der Waals surface area contributed by atoms with Crippen molar-refractivity contribution in [3.8, 4) is 0 Å². The van der Waals surface area contributed by atoms with Crippen LogP contribution in [0.2, 0.25) is 0 Å². The van der Waals surface area contributed by atoms with Crippen LogP contribution in [-0.4, -0.2) is 70.3 Å². The van der Waals surface area contributed by atoms with Crippen LogP contribution in [0.4, 0.5) is 0 Å². The lowest BCUT2D eigenvalue weighted by molar-refractivity contribution is -0.144. The molecular weight excluding hydrogens is 284 g/mol. The molecule has 0 N–H and O–H groups in total. The van der Waals surface area contributed by atoms with Crippen molar-refractivity contribution < 1.29 is 14.3 Å². The van der Waals surface area contributed by atoms with E-state index in [0.29, 0.717) is 26.0 Å². The van der Waals surface area contributed by atoms with Crippen LogP contribution in [0.15, 0.2) is 18.5 Å². The summed E-state index contributed by atoms with van der Waals surface area (Å²) in [5.74, 6) is -0.0147. The second-order valence-electron chi connectivity index (χ2n) is 6.07. The Morgan fingerprint density at radius 1 is 1.41 bits per heavy atom. The molecule has 1 aromatic heterocycles. The molecule has 0 bridgehead atoms. The van der Waals surface area contributed by atoms with Gasteiger partial charge in [-0.3, -0.25) is 14.3 Å². The summed E-state index contributed by atoms with van der Waals surface area (Å²) < 4.78 is 7.42. The Kier molecular flexibility index (Phi) is 4.15. The number of fused-ring (bicyclic) bond motifs is 1. The lowest BCUT2D eigenvalue weighted by atomic mass is 10.1. The number of hydrogen-bond donors (Lipinski definition) is 0. The van der Waals surface area contributed by atoms with Crippen molar-refractivity contribution >= 4 is 11.8 Å². The first-order chi connectivity index (χ1) is 10.6. The molecule has 3 heterocycles. The van der Waals surface area contributed by atoms with Gasteiger partial charge in [-0.2, -0.15) is 5.10 Å².